The van der Waals surface area contributed by atoms with Gasteiger partial charge >= 0.3 is 5.97 Å². The zero-order valence-electron chi connectivity index (χ0n) is 34.6. The fourth-order valence-corrected chi connectivity index (χ4v) is 12.5. The first-order valence-electron chi connectivity index (χ1n) is 22.5. The van der Waals surface area contributed by atoms with Crippen LogP contribution in [0.5, 0.6) is 0 Å². The molecule has 7 aliphatic rings. The molecular weight excluding hydrogens is 727 g/mol. The summed E-state index contributed by atoms with van der Waals surface area (Å²) in [4.78, 5) is 28.3. The summed E-state index contributed by atoms with van der Waals surface area (Å²) in [5, 5.41) is 41.8. The smallest absolute Gasteiger partial charge is 0.334 e. The molecule has 2 aliphatic carbocycles. The number of hydrogen-bond acceptors (Lipinski definition) is 11. The second kappa shape index (κ2) is 18.8. The highest BCUT2D eigenvalue weighted by Crippen LogP contribution is 2.57. The minimum atomic E-state index is -1.09. The fourth-order valence-electron chi connectivity index (χ4n) is 12.5. The van der Waals surface area contributed by atoms with Crippen molar-refractivity contribution in [2.75, 3.05) is 33.3 Å². The van der Waals surface area contributed by atoms with E-state index in [0.29, 0.717) is 43.6 Å². The first-order valence-corrected chi connectivity index (χ1v) is 22.5. The average molecular weight is 800 g/mol. The normalized spacial score (nSPS) is 46.6. The van der Waals surface area contributed by atoms with Crippen LogP contribution in [0.1, 0.15) is 97.3 Å². The van der Waals surface area contributed by atoms with Crippen molar-refractivity contribution < 1.29 is 49.8 Å². The van der Waals surface area contributed by atoms with Gasteiger partial charge in [0.1, 0.15) is 23.7 Å². The molecule has 0 aromatic rings. The number of carbonyl (C=O) groups excluding carboxylic acids is 2. The van der Waals surface area contributed by atoms with Crippen LogP contribution in [0.2, 0.25) is 0 Å². The van der Waals surface area contributed by atoms with E-state index in [9.17, 15) is 24.9 Å². The van der Waals surface area contributed by atoms with Crippen LogP contribution in [0, 0.1) is 65.1 Å². The Kier molecular flexibility index (Phi) is 14.2. The Morgan fingerprint density at radius 3 is 2.63 bits per heavy atom. The summed E-state index contributed by atoms with van der Waals surface area (Å²) in [5.41, 5.74) is 12.6. The predicted molar refractivity (Wildman–Crippen MR) is 212 cm³/mol. The molecule has 0 spiro atoms. The average Bonchev–Trinajstić information content (AvgIpc) is 3.19. The number of allylic oxidation sites excluding steroid dienone is 1. The topological polar surface area (TPSA) is 220 Å². The van der Waals surface area contributed by atoms with Gasteiger partial charge in [0.05, 0.1) is 69.3 Å². The molecule has 5 aliphatic heterocycles. The van der Waals surface area contributed by atoms with Gasteiger partial charge in [-0.15, -0.1) is 5.92 Å². The largest absolute Gasteiger partial charge is 0.456 e. The van der Waals surface area contributed by atoms with Gasteiger partial charge in [0.15, 0.2) is 0 Å². The standard InChI is InChI=1S/C44H71N5O8/c1-4-25(13-15-47-3)43(54)56-34-21-32-40(53)38-33(52)20-30(23-50)55-42(38)39-37(27-14-16-48-36(46)19-27)31(26-7-5-9-29(51)18-26)10-6-8-28(44(34,2)57-41(32)39)17-24-11-12-35(45)49-22-24/h4,24,26-32,34-42,47-51,53H,5,7-9,11-23,45-46H2,1-3H3/p+2/t24?,26?,27?,28-,29?,30?,31+,32?,34-,35?,36?,37-,38?,39?,40?,41?,42?,44-/m0/s1. The van der Waals surface area contributed by atoms with E-state index in [4.69, 9.17) is 25.7 Å². The van der Waals surface area contributed by atoms with E-state index < -0.39 is 54.1 Å². The molecule has 6 fully saturated rings. The minimum Gasteiger partial charge on any atom is -0.456 e. The lowest BCUT2D eigenvalue weighted by Gasteiger charge is -2.62. The van der Waals surface area contributed by atoms with E-state index in [0.717, 1.165) is 64.6 Å². The van der Waals surface area contributed by atoms with Gasteiger partial charge in [-0.05, 0) is 89.5 Å². The molecule has 2 bridgehead atoms. The molecule has 57 heavy (non-hydrogen) atoms. The quantitative estimate of drug-likeness (QED) is 0.0812. The lowest BCUT2D eigenvalue weighted by molar-refractivity contribution is -0.703. The van der Waals surface area contributed by atoms with Crippen molar-refractivity contribution in [3.05, 3.63) is 11.6 Å². The third-order valence-electron chi connectivity index (χ3n) is 15.6. The van der Waals surface area contributed by atoms with Gasteiger partial charge in [0, 0.05) is 60.8 Å². The number of carbonyl (C=O) groups is 2. The molecule has 0 amide bonds. The number of nitrogens with one attached hydrogen (secondary N) is 1. The molecule has 13 unspecified atom stereocenters. The molecule has 0 aromatic carbocycles. The summed E-state index contributed by atoms with van der Waals surface area (Å²) >= 11 is 0. The van der Waals surface area contributed by atoms with Crippen molar-refractivity contribution in [2.45, 2.75) is 152 Å². The Labute approximate surface area is 339 Å². The number of ketones is 1. The Balaban J connectivity index is 1.38. The molecule has 0 radical (unpaired) electrons. The monoisotopic (exact) mass is 800 g/mol. The van der Waals surface area contributed by atoms with E-state index in [1.165, 1.54) is 0 Å². The Morgan fingerprint density at radius 2 is 1.93 bits per heavy atom. The van der Waals surface area contributed by atoms with Crippen LogP contribution in [-0.2, 0) is 23.8 Å². The predicted octanol–water partition coefficient (Wildman–Crippen LogP) is -0.343. The molecule has 13 heteroatoms. The summed E-state index contributed by atoms with van der Waals surface area (Å²) in [6, 6.07) is 0. The van der Waals surface area contributed by atoms with E-state index in [1.807, 2.05) is 25.4 Å². The minimum absolute atomic E-state index is 0.0278. The van der Waals surface area contributed by atoms with Crippen molar-refractivity contribution in [1.82, 2.24) is 5.32 Å². The van der Waals surface area contributed by atoms with Gasteiger partial charge in [0.25, 0.3) is 0 Å². The highest BCUT2D eigenvalue weighted by atomic mass is 16.6. The maximum Gasteiger partial charge on any atom is 0.334 e. The molecule has 18 atom stereocenters. The number of nitrogens with two attached hydrogens (primary N) is 4. The van der Waals surface area contributed by atoms with Crippen molar-refractivity contribution in [3.63, 3.8) is 0 Å². The van der Waals surface area contributed by atoms with E-state index in [1.54, 1.807) is 0 Å². The van der Waals surface area contributed by atoms with Gasteiger partial charge < -0.3 is 51.2 Å². The molecule has 7 rings (SSSR count). The highest BCUT2D eigenvalue weighted by Gasteiger charge is 2.65. The van der Waals surface area contributed by atoms with Crippen LogP contribution in [0.15, 0.2) is 11.6 Å². The SMILES string of the molecule is CC=C(CC[NH2+]C)C(=O)O[C@H]1CC2C(O)C3C(=O)CC(CO)OC3C3C2O[C@@]1(C)[C@H](CC1CCC(N)[NH2+]C1)CC#C[C@H](C1CCCC(O)C1)[C@@H]3C1CCNC(N)C1. The van der Waals surface area contributed by atoms with Crippen LogP contribution in [-0.4, -0.2) is 115 Å². The molecule has 12 N–H and O–H groups in total. The molecular formula is C44H73N5O8+2. The molecule has 5 heterocycles. The number of quaternary nitrogens is 2. The molecule has 2 saturated carbocycles. The van der Waals surface area contributed by atoms with Crippen molar-refractivity contribution >= 4 is 11.8 Å². The van der Waals surface area contributed by atoms with Crippen LogP contribution in [0.25, 0.3) is 0 Å². The number of rotatable bonds is 10. The summed E-state index contributed by atoms with van der Waals surface area (Å²) in [7, 11) is 1.98. The fraction of sp³-hybridized carbons (Fsp3) is 0.864. The third-order valence-corrected chi connectivity index (χ3v) is 15.6. The maximum absolute atomic E-state index is 14.3. The highest BCUT2D eigenvalue weighted by molar-refractivity contribution is 5.88. The second-order valence-corrected chi connectivity index (χ2v) is 19.1. The van der Waals surface area contributed by atoms with Crippen LogP contribution >= 0.6 is 0 Å². The number of hydrogen-bond donors (Lipinski definition) is 8. The van der Waals surface area contributed by atoms with Gasteiger partial charge in [-0.2, -0.15) is 0 Å². The van der Waals surface area contributed by atoms with Crippen LogP contribution in [0.3, 0.4) is 0 Å². The van der Waals surface area contributed by atoms with E-state index in [-0.39, 0.29) is 72.6 Å². The molecule has 0 aromatic heterocycles. The maximum atomic E-state index is 14.3. The van der Waals surface area contributed by atoms with E-state index in [2.05, 4.69) is 29.4 Å². The zero-order chi connectivity index (χ0) is 40.4. The number of Topliss-reactive ketones (excluding diaryl/α,β-unsaturated/α-hetero) is 1. The summed E-state index contributed by atoms with van der Waals surface area (Å²) < 4.78 is 21.2. The first-order chi connectivity index (χ1) is 27.4. The first kappa shape index (κ1) is 43.1. The molecule has 320 valence electrons. The molecule has 13 nitrogen and oxygen atoms in total. The van der Waals surface area contributed by atoms with Gasteiger partial charge in [-0.1, -0.05) is 18.4 Å². The number of piperidine rings is 2. The van der Waals surface area contributed by atoms with Gasteiger partial charge in [-0.25, -0.2) is 4.79 Å². The van der Waals surface area contributed by atoms with Crippen molar-refractivity contribution in [2.24, 2.45) is 64.7 Å². The zero-order valence-corrected chi connectivity index (χ0v) is 34.6. The summed E-state index contributed by atoms with van der Waals surface area (Å²) in [6.45, 7) is 6.07. The van der Waals surface area contributed by atoms with Crippen molar-refractivity contribution in [3.8, 4) is 11.8 Å². The third kappa shape index (κ3) is 9.07. The number of esters is 1. The second-order valence-electron chi connectivity index (χ2n) is 19.1. The number of fused-ring (bicyclic) bond motifs is 3. The van der Waals surface area contributed by atoms with Crippen LogP contribution in [0.4, 0.5) is 0 Å². The summed E-state index contributed by atoms with van der Waals surface area (Å²) in [5.74, 6) is 5.74. The van der Waals surface area contributed by atoms with Crippen LogP contribution < -0.4 is 27.4 Å². The Hall–Kier alpha value is -1.96. The lowest BCUT2D eigenvalue weighted by Crippen LogP contribution is -2.95. The Morgan fingerprint density at radius 1 is 1.11 bits per heavy atom. The summed E-state index contributed by atoms with van der Waals surface area (Å²) in [6.07, 6.45) is 6.71. The van der Waals surface area contributed by atoms with Gasteiger partial charge in [0.2, 0.25) is 0 Å². The van der Waals surface area contributed by atoms with Crippen molar-refractivity contribution in [1.29, 1.82) is 0 Å². The lowest BCUT2D eigenvalue weighted by atomic mass is 9.53. The van der Waals surface area contributed by atoms with Gasteiger partial charge in [-0.3, -0.25) is 10.5 Å². The molecule has 4 saturated heterocycles. The number of ether oxygens (including phenoxy) is 3. The Bertz CT molecular complexity index is 1500. The number of aliphatic hydroxyl groups is 3. The number of aliphatic hydroxyl groups excluding tert-OH is 3. The van der Waals surface area contributed by atoms with E-state index >= 15 is 0 Å².